The van der Waals surface area contributed by atoms with Gasteiger partial charge in [-0.25, -0.2) is 0 Å². The van der Waals surface area contributed by atoms with Crippen LogP contribution < -0.4 is 0 Å². The van der Waals surface area contributed by atoms with Gasteiger partial charge in [-0.3, -0.25) is 19.5 Å². The first-order valence-corrected chi connectivity index (χ1v) is 8.71. The van der Waals surface area contributed by atoms with Crippen molar-refractivity contribution in [1.82, 2.24) is 14.8 Å². The van der Waals surface area contributed by atoms with Gasteiger partial charge in [-0.15, -0.1) is 0 Å². The molecule has 1 aliphatic rings. The molecule has 2 heterocycles. The van der Waals surface area contributed by atoms with Crippen molar-refractivity contribution in [3.63, 3.8) is 0 Å². The Kier molecular flexibility index (Phi) is 5.56. The van der Waals surface area contributed by atoms with Crippen LogP contribution in [0.4, 0.5) is 0 Å². The van der Waals surface area contributed by atoms with Crippen molar-refractivity contribution in [1.29, 1.82) is 0 Å². The minimum Gasteiger partial charge on any atom is -0.336 e. The number of hydrogen-bond acceptors (Lipinski definition) is 4. The summed E-state index contributed by atoms with van der Waals surface area (Å²) >= 11 is 0. The van der Waals surface area contributed by atoms with Crippen molar-refractivity contribution in [2.75, 3.05) is 32.7 Å². The SMILES string of the molecule is CCc1ccc(C(=O)CN2CCN(C(=O)c3cccnc3)CC2)cc1. The number of amides is 1. The third-order valence-electron chi connectivity index (χ3n) is 4.62. The van der Waals surface area contributed by atoms with Crippen LogP contribution in [0.2, 0.25) is 0 Å². The predicted molar refractivity (Wildman–Crippen MR) is 96.7 cm³/mol. The molecular formula is C20H23N3O2. The zero-order valence-electron chi connectivity index (χ0n) is 14.5. The number of piperazine rings is 1. The third kappa shape index (κ3) is 4.31. The largest absolute Gasteiger partial charge is 0.336 e. The molecule has 3 rings (SSSR count). The third-order valence-corrected chi connectivity index (χ3v) is 4.62. The Hall–Kier alpha value is -2.53. The molecule has 0 radical (unpaired) electrons. The molecule has 0 atom stereocenters. The molecule has 5 heteroatoms. The van der Waals surface area contributed by atoms with Gasteiger partial charge in [0.15, 0.2) is 5.78 Å². The molecule has 1 saturated heterocycles. The van der Waals surface area contributed by atoms with Gasteiger partial charge in [0.05, 0.1) is 12.1 Å². The van der Waals surface area contributed by atoms with Gasteiger partial charge in [0.1, 0.15) is 0 Å². The monoisotopic (exact) mass is 337 g/mol. The number of pyridine rings is 1. The van der Waals surface area contributed by atoms with Gasteiger partial charge in [0, 0.05) is 44.1 Å². The number of carbonyl (C=O) groups excluding carboxylic acids is 2. The van der Waals surface area contributed by atoms with E-state index in [9.17, 15) is 9.59 Å². The van der Waals surface area contributed by atoms with E-state index in [1.807, 2.05) is 29.2 Å². The summed E-state index contributed by atoms with van der Waals surface area (Å²) in [4.78, 5) is 32.8. The Labute approximate surface area is 148 Å². The first-order chi connectivity index (χ1) is 12.2. The van der Waals surface area contributed by atoms with Crippen LogP contribution in [-0.2, 0) is 6.42 Å². The van der Waals surface area contributed by atoms with Gasteiger partial charge in [0.25, 0.3) is 5.91 Å². The standard InChI is InChI=1S/C20H23N3O2/c1-2-16-5-7-17(8-6-16)19(24)15-22-10-12-23(13-11-22)20(25)18-4-3-9-21-14-18/h3-9,14H,2,10-13,15H2,1H3. The summed E-state index contributed by atoms with van der Waals surface area (Å²) in [5.74, 6) is 0.143. The first kappa shape index (κ1) is 17.3. The lowest BCUT2D eigenvalue weighted by Crippen LogP contribution is -2.49. The Bertz CT molecular complexity index is 720. The number of ketones is 1. The molecule has 0 unspecified atom stereocenters. The van der Waals surface area contributed by atoms with Crippen LogP contribution in [-0.4, -0.2) is 59.2 Å². The second kappa shape index (κ2) is 8.03. The molecule has 0 spiro atoms. The fourth-order valence-electron chi connectivity index (χ4n) is 3.00. The van der Waals surface area contributed by atoms with Crippen LogP contribution in [0, 0.1) is 0 Å². The van der Waals surface area contributed by atoms with E-state index in [0.29, 0.717) is 38.3 Å². The minimum atomic E-state index is 0.00855. The van der Waals surface area contributed by atoms with Crippen LogP contribution in [0.5, 0.6) is 0 Å². The summed E-state index contributed by atoms with van der Waals surface area (Å²) in [5.41, 5.74) is 2.60. The van der Waals surface area contributed by atoms with Gasteiger partial charge in [-0.1, -0.05) is 31.2 Å². The number of benzene rings is 1. The summed E-state index contributed by atoms with van der Waals surface area (Å²) in [6.07, 6.45) is 4.23. The Morgan fingerprint density at radius 3 is 2.32 bits per heavy atom. The highest BCUT2D eigenvalue weighted by Crippen LogP contribution is 2.10. The average Bonchev–Trinajstić information content (AvgIpc) is 2.68. The molecule has 1 aromatic heterocycles. The van der Waals surface area contributed by atoms with E-state index in [1.54, 1.807) is 24.5 Å². The van der Waals surface area contributed by atoms with Crippen LogP contribution in [0.1, 0.15) is 33.2 Å². The lowest BCUT2D eigenvalue weighted by atomic mass is 10.1. The van der Waals surface area contributed by atoms with Crippen LogP contribution in [0.25, 0.3) is 0 Å². The van der Waals surface area contributed by atoms with E-state index in [0.717, 1.165) is 12.0 Å². The maximum absolute atomic E-state index is 12.4. The molecule has 2 aromatic rings. The molecule has 0 bridgehead atoms. The second-order valence-electron chi connectivity index (χ2n) is 6.28. The highest BCUT2D eigenvalue weighted by molar-refractivity contribution is 5.97. The van der Waals surface area contributed by atoms with E-state index in [4.69, 9.17) is 0 Å². The van der Waals surface area contributed by atoms with Crippen molar-refractivity contribution < 1.29 is 9.59 Å². The van der Waals surface area contributed by atoms with Crippen molar-refractivity contribution in [2.45, 2.75) is 13.3 Å². The van der Waals surface area contributed by atoms with Gasteiger partial charge >= 0.3 is 0 Å². The molecule has 0 N–H and O–H groups in total. The lowest BCUT2D eigenvalue weighted by Gasteiger charge is -2.34. The number of aromatic nitrogens is 1. The second-order valence-corrected chi connectivity index (χ2v) is 6.28. The van der Waals surface area contributed by atoms with Crippen LogP contribution in [0.3, 0.4) is 0 Å². The molecule has 1 aliphatic heterocycles. The normalized spacial score (nSPS) is 15.2. The molecule has 1 amide bonds. The fraction of sp³-hybridized carbons (Fsp3) is 0.350. The Balaban J connectivity index is 1.52. The maximum atomic E-state index is 12.4. The molecule has 0 saturated carbocycles. The zero-order chi connectivity index (χ0) is 17.6. The van der Waals surface area contributed by atoms with E-state index < -0.39 is 0 Å². The zero-order valence-corrected chi connectivity index (χ0v) is 14.5. The summed E-state index contributed by atoms with van der Waals surface area (Å²) < 4.78 is 0. The quantitative estimate of drug-likeness (QED) is 0.786. The molecule has 1 aromatic carbocycles. The maximum Gasteiger partial charge on any atom is 0.255 e. The van der Waals surface area contributed by atoms with Crippen molar-refractivity contribution in [3.8, 4) is 0 Å². The average molecular weight is 337 g/mol. The van der Waals surface area contributed by atoms with Gasteiger partial charge in [-0.2, -0.15) is 0 Å². The molecular weight excluding hydrogens is 314 g/mol. The number of rotatable bonds is 5. The molecule has 0 aliphatic carbocycles. The van der Waals surface area contributed by atoms with Crippen LogP contribution >= 0.6 is 0 Å². The minimum absolute atomic E-state index is 0.00855. The van der Waals surface area contributed by atoms with E-state index in [1.165, 1.54) is 5.56 Å². The smallest absolute Gasteiger partial charge is 0.255 e. The molecule has 1 fully saturated rings. The highest BCUT2D eigenvalue weighted by Gasteiger charge is 2.23. The van der Waals surface area contributed by atoms with E-state index >= 15 is 0 Å². The topological polar surface area (TPSA) is 53.5 Å². The summed E-state index contributed by atoms with van der Waals surface area (Å²) in [7, 11) is 0. The van der Waals surface area contributed by atoms with Gasteiger partial charge < -0.3 is 4.90 Å². The van der Waals surface area contributed by atoms with E-state index in [-0.39, 0.29) is 11.7 Å². The Morgan fingerprint density at radius 2 is 1.72 bits per heavy atom. The summed E-state index contributed by atoms with van der Waals surface area (Å²) in [6.45, 7) is 5.20. The predicted octanol–water partition coefficient (Wildman–Crippen LogP) is 2.28. The summed E-state index contributed by atoms with van der Waals surface area (Å²) in [5, 5.41) is 0. The molecule has 5 nitrogen and oxygen atoms in total. The number of nitrogens with zero attached hydrogens (tertiary/aromatic N) is 3. The fourth-order valence-corrected chi connectivity index (χ4v) is 3.00. The highest BCUT2D eigenvalue weighted by atomic mass is 16.2. The first-order valence-electron chi connectivity index (χ1n) is 8.71. The van der Waals surface area contributed by atoms with Crippen molar-refractivity contribution in [3.05, 3.63) is 65.5 Å². The van der Waals surface area contributed by atoms with Crippen molar-refractivity contribution >= 4 is 11.7 Å². The van der Waals surface area contributed by atoms with Gasteiger partial charge in [0.2, 0.25) is 0 Å². The summed E-state index contributed by atoms with van der Waals surface area (Å²) in [6, 6.07) is 11.4. The van der Waals surface area contributed by atoms with Crippen LogP contribution in [0.15, 0.2) is 48.8 Å². The van der Waals surface area contributed by atoms with E-state index in [2.05, 4.69) is 16.8 Å². The van der Waals surface area contributed by atoms with Gasteiger partial charge in [-0.05, 0) is 24.1 Å². The molecule has 25 heavy (non-hydrogen) atoms. The number of aryl methyl sites for hydroxylation is 1. The number of Topliss-reactive ketones (excluding diaryl/α,β-unsaturated/α-hetero) is 1. The number of hydrogen-bond donors (Lipinski definition) is 0. The lowest BCUT2D eigenvalue weighted by molar-refractivity contribution is 0.0624. The number of carbonyl (C=O) groups is 2. The van der Waals surface area contributed by atoms with Crippen molar-refractivity contribution in [2.24, 2.45) is 0 Å². The molecule has 130 valence electrons. The Morgan fingerprint density at radius 1 is 1.00 bits per heavy atom.